The van der Waals surface area contributed by atoms with Crippen molar-refractivity contribution in [2.75, 3.05) is 0 Å². The van der Waals surface area contributed by atoms with Crippen LogP contribution in [0.3, 0.4) is 0 Å². The number of hydrogen-bond donors (Lipinski definition) is 1. The van der Waals surface area contributed by atoms with Gasteiger partial charge in [0.25, 0.3) is 0 Å². The van der Waals surface area contributed by atoms with E-state index in [0.29, 0.717) is 0 Å². The zero-order chi connectivity index (χ0) is 13.3. The Kier molecular flexibility index (Phi) is 2.76. The fourth-order valence-electron chi connectivity index (χ4n) is 1.85. The summed E-state index contributed by atoms with van der Waals surface area (Å²) in [7, 11) is -3.79. The molecule has 0 aliphatic rings. The predicted octanol–water partition coefficient (Wildman–Crippen LogP) is 2.94. The third-order valence-corrected chi connectivity index (χ3v) is 3.99. The normalized spacial score (nSPS) is 11.6. The van der Waals surface area contributed by atoms with Gasteiger partial charge in [0.15, 0.2) is 0 Å². The van der Waals surface area contributed by atoms with Crippen LogP contribution in [0.4, 0.5) is 0 Å². The van der Waals surface area contributed by atoms with Gasteiger partial charge in [0, 0.05) is 17.0 Å². The summed E-state index contributed by atoms with van der Waals surface area (Å²) in [4.78, 5) is 3.05. The molecule has 0 atom stereocenters. The molecule has 0 saturated heterocycles. The van der Waals surface area contributed by atoms with Crippen molar-refractivity contribution in [3.05, 3.63) is 60.7 Å². The highest BCUT2D eigenvalue weighted by atomic mass is 32.2. The van der Waals surface area contributed by atoms with Crippen molar-refractivity contribution in [2.24, 2.45) is 0 Å². The molecule has 3 aromatic rings. The van der Waals surface area contributed by atoms with Crippen molar-refractivity contribution < 1.29 is 12.6 Å². The summed E-state index contributed by atoms with van der Waals surface area (Å²) >= 11 is 0. The van der Waals surface area contributed by atoms with E-state index in [2.05, 4.69) is 4.98 Å². The maximum absolute atomic E-state index is 12.0. The van der Waals surface area contributed by atoms with Crippen LogP contribution in [-0.2, 0) is 10.1 Å². The molecule has 1 heterocycles. The molecule has 1 N–H and O–H groups in total. The Hall–Kier alpha value is -2.27. The van der Waals surface area contributed by atoms with Gasteiger partial charge in [-0.1, -0.05) is 36.4 Å². The number of H-pyrrole nitrogens is 1. The first-order valence-electron chi connectivity index (χ1n) is 5.72. The number of rotatable bonds is 3. The van der Waals surface area contributed by atoms with Gasteiger partial charge in [0.1, 0.15) is 4.90 Å². The van der Waals surface area contributed by atoms with Crippen molar-refractivity contribution in [3.63, 3.8) is 0 Å². The smallest absolute Gasteiger partial charge is 0.340 e. The van der Waals surface area contributed by atoms with Gasteiger partial charge in [-0.15, -0.1) is 0 Å². The summed E-state index contributed by atoms with van der Waals surface area (Å²) < 4.78 is 29.2. The zero-order valence-corrected chi connectivity index (χ0v) is 10.7. The van der Waals surface area contributed by atoms with Crippen molar-refractivity contribution in [1.29, 1.82) is 0 Å². The average Bonchev–Trinajstić information content (AvgIpc) is 2.81. The molecule has 5 heteroatoms. The molecule has 0 spiro atoms. The number of aromatic nitrogens is 1. The Balaban J connectivity index is 1.97. The number of benzene rings is 2. The Morgan fingerprint density at radius 2 is 1.58 bits per heavy atom. The number of aromatic amines is 1. The van der Waals surface area contributed by atoms with Crippen LogP contribution >= 0.6 is 0 Å². The van der Waals surface area contributed by atoms with E-state index >= 15 is 0 Å². The van der Waals surface area contributed by atoms with E-state index in [9.17, 15) is 8.42 Å². The quantitative estimate of drug-likeness (QED) is 0.746. The Labute approximate surface area is 110 Å². The highest BCUT2D eigenvalue weighted by molar-refractivity contribution is 7.87. The molecule has 0 fully saturated rings. The molecular weight excluding hydrogens is 262 g/mol. The molecule has 0 amide bonds. The van der Waals surface area contributed by atoms with Crippen LogP contribution in [0.1, 0.15) is 0 Å². The van der Waals surface area contributed by atoms with Crippen LogP contribution in [0.25, 0.3) is 10.9 Å². The molecule has 0 aliphatic carbocycles. The lowest BCUT2D eigenvalue weighted by Crippen LogP contribution is -2.09. The fraction of sp³-hybridized carbons (Fsp3) is 0. The summed E-state index contributed by atoms with van der Waals surface area (Å²) in [6, 6.07) is 17.2. The molecule has 0 unspecified atom stereocenters. The first-order valence-corrected chi connectivity index (χ1v) is 7.13. The second-order valence-corrected chi connectivity index (χ2v) is 5.62. The summed E-state index contributed by atoms with van der Waals surface area (Å²) in [6.45, 7) is 0. The van der Waals surface area contributed by atoms with E-state index in [0.717, 1.165) is 10.9 Å². The Morgan fingerprint density at radius 1 is 0.895 bits per heavy atom. The maximum Gasteiger partial charge on any atom is 0.340 e. The van der Waals surface area contributed by atoms with Gasteiger partial charge in [0.2, 0.25) is 5.88 Å². The lowest BCUT2D eigenvalue weighted by atomic mass is 10.3. The van der Waals surface area contributed by atoms with Crippen LogP contribution in [0.5, 0.6) is 5.88 Å². The Morgan fingerprint density at radius 3 is 2.32 bits per heavy atom. The third kappa shape index (κ3) is 2.32. The molecule has 0 radical (unpaired) electrons. The second kappa shape index (κ2) is 4.44. The van der Waals surface area contributed by atoms with E-state index in [-0.39, 0.29) is 10.8 Å². The number of hydrogen-bond acceptors (Lipinski definition) is 3. The fourth-order valence-corrected chi connectivity index (χ4v) is 2.76. The highest BCUT2D eigenvalue weighted by Crippen LogP contribution is 2.23. The largest absolute Gasteiger partial charge is 0.360 e. The van der Waals surface area contributed by atoms with E-state index in [1.807, 2.05) is 24.3 Å². The second-order valence-electron chi connectivity index (χ2n) is 4.07. The molecule has 0 saturated carbocycles. The van der Waals surface area contributed by atoms with Crippen LogP contribution in [0.15, 0.2) is 65.6 Å². The minimum Gasteiger partial charge on any atom is -0.360 e. The molecule has 4 nitrogen and oxygen atoms in total. The van der Waals surface area contributed by atoms with Crippen molar-refractivity contribution in [3.8, 4) is 5.88 Å². The van der Waals surface area contributed by atoms with Crippen molar-refractivity contribution in [1.82, 2.24) is 4.98 Å². The van der Waals surface area contributed by atoms with Gasteiger partial charge < -0.3 is 9.17 Å². The summed E-state index contributed by atoms with van der Waals surface area (Å²) in [5.74, 6) is 0.213. The van der Waals surface area contributed by atoms with Crippen molar-refractivity contribution >= 4 is 21.0 Å². The van der Waals surface area contributed by atoms with Gasteiger partial charge in [-0.25, -0.2) is 0 Å². The molecule has 1 aromatic heterocycles. The van der Waals surface area contributed by atoms with Crippen LogP contribution in [0.2, 0.25) is 0 Å². The number of nitrogens with one attached hydrogen (secondary N) is 1. The molecule has 3 rings (SSSR count). The standard InChI is InChI=1S/C14H11NO3S/c16-19(17,12-7-2-1-3-8-12)18-14-10-11-6-4-5-9-13(11)15-14/h1-10,15H. The van der Waals surface area contributed by atoms with E-state index in [4.69, 9.17) is 4.18 Å². The third-order valence-electron chi connectivity index (χ3n) is 2.74. The van der Waals surface area contributed by atoms with Crippen molar-refractivity contribution in [2.45, 2.75) is 4.90 Å². The minimum absolute atomic E-state index is 0.133. The van der Waals surface area contributed by atoms with Gasteiger partial charge >= 0.3 is 10.1 Å². The van der Waals surface area contributed by atoms with Gasteiger partial charge in [-0.05, 0) is 18.2 Å². The van der Waals surface area contributed by atoms with Gasteiger partial charge in [0.05, 0.1) is 0 Å². The molecule has 0 aliphatic heterocycles. The summed E-state index contributed by atoms with van der Waals surface area (Å²) in [6.07, 6.45) is 0. The Bertz CT molecular complexity index is 774. The molecule has 0 bridgehead atoms. The highest BCUT2D eigenvalue weighted by Gasteiger charge is 2.17. The van der Waals surface area contributed by atoms with E-state index in [1.54, 1.807) is 24.3 Å². The summed E-state index contributed by atoms with van der Waals surface area (Å²) in [5.41, 5.74) is 0.834. The predicted molar refractivity (Wildman–Crippen MR) is 72.6 cm³/mol. The first kappa shape index (κ1) is 11.8. The molecular formula is C14H11NO3S. The van der Waals surface area contributed by atoms with Crippen LogP contribution in [-0.4, -0.2) is 13.4 Å². The minimum atomic E-state index is -3.79. The van der Waals surface area contributed by atoms with Gasteiger partial charge in [-0.2, -0.15) is 8.42 Å². The topological polar surface area (TPSA) is 59.2 Å². The zero-order valence-electron chi connectivity index (χ0n) is 9.91. The lowest BCUT2D eigenvalue weighted by Gasteiger charge is -2.04. The lowest BCUT2D eigenvalue weighted by molar-refractivity contribution is 0.478. The van der Waals surface area contributed by atoms with Gasteiger partial charge in [-0.3, -0.25) is 0 Å². The maximum atomic E-state index is 12.0. The molecule has 96 valence electrons. The average molecular weight is 273 g/mol. The van der Waals surface area contributed by atoms with E-state index in [1.165, 1.54) is 12.1 Å². The summed E-state index contributed by atoms with van der Waals surface area (Å²) in [5, 5.41) is 0.903. The first-order chi connectivity index (χ1) is 9.15. The number of fused-ring (bicyclic) bond motifs is 1. The van der Waals surface area contributed by atoms with Crippen LogP contribution in [0, 0.1) is 0 Å². The van der Waals surface area contributed by atoms with E-state index < -0.39 is 10.1 Å². The molecule has 2 aromatic carbocycles. The van der Waals surface area contributed by atoms with Crippen LogP contribution < -0.4 is 4.18 Å². The molecule has 19 heavy (non-hydrogen) atoms. The monoisotopic (exact) mass is 273 g/mol. The number of para-hydroxylation sites is 1. The SMILES string of the molecule is O=S(=O)(Oc1cc2ccccc2[nH]1)c1ccccc1.